The molecule has 106 valence electrons. The Morgan fingerprint density at radius 3 is 2.67 bits per heavy atom. The van der Waals surface area contributed by atoms with Gasteiger partial charge in [0.1, 0.15) is 0 Å². The zero-order valence-electron chi connectivity index (χ0n) is 12.0. The minimum Gasteiger partial charge on any atom is -0.383 e. The second kappa shape index (κ2) is 9.16. The Labute approximate surface area is 111 Å². The van der Waals surface area contributed by atoms with Crippen molar-refractivity contribution in [2.45, 2.75) is 32.2 Å². The molecule has 1 aliphatic rings. The van der Waals surface area contributed by atoms with E-state index in [2.05, 4.69) is 27.4 Å². The number of hydrogen-bond donors (Lipinski definition) is 2. The third-order valence-corrected chi connectivity index (χ3v) is 3.19. The topological polar surface area (TPSA) is 48.9 Å². The largest absolute Gasteiger partial charge is 0.383 e. The molecule has 1 fully saturated rings. The van der Waals surface area contributed by atoms with Gasteiger partial charge in [-0.05, 0) is 32.9 Å². The summed E-state index contributed by atoms with van der Waals surface area (Å²) in [6.45, 7) is 7.30. The lowest BCUT2D eigenvalue weighted by atomic mass is 10.1. The van der Waals surface area contributed by atoms with Gasteiger partial charge in [0.25, 0.3) is 0 Å². The average molecular weight is 256 g/mol. The Bertz CT molecular complexity index is 239. The molecule has 1 heterocycles. The van der Waals surface area contributed by atoms with Crippen molar-refractivity contribution in [2.24, 2.45) is 4.99 Å². The summed E-state index contributed by atoms with van der Waals surface area (Å²) >= 11 is 0. The molecule has 0 aliphatic carbocycles. The SMILES string of the molecule is CN=C(NCCN1CCCCC1)NC(C)COC. The first-order valence-electron chi connectivity index (χ1n) is 6.94. The van der Waals surface area contributed by atoms with E-state index in [-0.39, 0.29) is 6.04 Å². The van der Waals surface area contributed by atoms with E-state index in [1.807, 2.05) is 0 Å². The molecule has 0 radical (unpaired) electrons. The molecule has 1 atom stereocenters. The minimum absolute atomic E-state index is 0.274. The first-order chi connectivity index (χ1) is 8.76. The Balaban J connectivity index is 2.14. The van der Waals surface area contributed by atoms with Gasteiger partial charge in [0.2, 0.25) is 0 Å². The van der Waals surface area contributed by atoms with Crippen molar-refractivity contribution in [2.75, 3.05) is 46.9 Å². The van der Waals surface area contributed by atoms with Gasteiger partial charge in [-0.25, -0.2) is 0 Å². The molecule has 5 heteroatoms. The first kappa shape index (κ1) is 15.2. The number of likely N-dealkylation sites (tertiary alicyclic amines) is 1. The molecule has 1 unspecified atom stereocenters. The summed E-state index contributed by atoms with van der Waals surface area (Å²) in [5.74, 6) is 0.858. The zero-order valence-corrected chi connectivity index (χ0v) is 12.0. The number of rotatable bonds is 6. The van der Waals surface area contributed by atoms with Crippen LogP contribution in [0.3, 0.4) is 0 Å². The van der Waals surface area contributed by atoms with Crippen LogP contribution in [0.25, 0.3) is 0 Å². The van der Waals surface area contributed by atoms with Crippen molar-refractivity contribution in [1.82, 2.24) is 15.5 Å². The van der Waals surface area contributed by atoms with Crippen LogP contribution in [0.2, 0.25) is 0 Å². The van der Waals surface area contributed by atoms with E-state index in [4.69, 9.17) is 4.74 Å². The smallest absolute Gasteiger partial charge is 0.191 e. The molecule has 0 aromatic heterocycles. The molecule has 0 spiro atoms. The highest BCUT2D eigenvalue weighted by atomic mass is 16.5. The molecule has 0 bridgehead atoms. The average Bonchev–Trinajstić information content (AvgIpc) is 2.39. The second-order valence-corrected chi connectivity index (χ2v) is 4.90. The lowest BCUT2D eigenvalue weighted by molar-refractivity contribution is 0.179. The summed E-state index contributed by atoms with van der Waals surface area (Å²) < 4.78 is 5.10. The van der Waals surface area contributed by atoms with E-state index >= 15 is 0 Å². The normalized spacial score (nSPS) is 19.6. The van der Waals surface area contributed by atoms with Gasteiger partial charge in [-0.1, -0.05) is 6.42 Å². The fourth-order valence-corrected chi connectivity index (χ4v) is 2.24. The second-order valence-electron chi connectivity index (χ2n) is 4.90. The molecule has 0 amide bonds. The van der Waals surface area contributed by atoms with Gasteiger partial charge < -0.3 is 20.3 Å². The maximum absolute atomic E-state index is 5.10. The molecular formula is C13H28N4O. The maximum Gasteiger partial charge on any atom is 0.191 e. The van der Waals surface area contributed by atoms with E-state index in [1.165, 1.54) is 32.4 Å². The van der Waals surface area contributed by atoms with Crippen LogP contribution < -0.4 is 10.6 Å². The van der Waals surface area contributed by atoms with Crippen LogP contribution in [0.15, 0.2) is 4.99 Å². The predicted molar refractivity (Wildman–Crippen MR) is 76.1 cm³/mol. The van der Waals surface area contributed by atoms with Gasteiger partial charge in [-0.15, -0.1) is 0 Å². The highest BCUT2D eigenvalue weighted by molar-refractivity contribution is 5.79. The Kier molecular flexibility index (Phi) is 7.76. The van der Waals surface area contributed by atoms with Crippen LogP contribution in [0, 0.1) is 0 Å². The number of nitrogens with zero attached hydrogens (tertiary/aromatic N) is 2. The standard InChI is InChI=1S/C13H28N4O/c1-12(11-18-3)16-13(14-2)15-7-10-17-8-5-4-6-9-17/h12H,4-11H2,1-3H3,(H2,14,15,16). The summed E-state index contributed by atoms with van der Waals surface area (Å²) in [5, 5.41) is 6.65. The number of methoxy groups -OCH3 is 1. The zero-order chi connectivity index (χ0) is 13.2. The molecular weight excluding hydrogens is 228 g/mol. The molecule has 1 saturated heterocycles. The van der Waals surface area contributed by atoms with Crippen LogP contribution >= 0.6 is 0 Å². The van der Waals surface area contributed by atoms with Crippen LogP contribution in [-0.4, -0.2) is 63.8 Å². The maximum atomic E-state index is 5.10. The number of nitrogens with one attached hydrogen (secondary N) is 2. The molecule has 0 aromatic carbocycles. The van der Waals surface area contributed by atoms with Crippen molar-refractivity contribution in [3.05, 3.63) is 0 Å². The summed E-state index contributed by atoms with van der Waals surface area (Å²) in [6, 6.07) is 0.274. The highest BCUT2D eigenvalue weighted by Gasteiger charge is 2.09. The third-order valence-electron chi connectivity index (χ3n) is 3.19. The molecule has 1 aliphatic heterocycles. The first-order valence-corrected chi connectivity index (χ1v) is 6.94. The lowest BCUT2D eigenvalue weighted by Crippen LogP contribution is -2.46. The Hall–Kier alpha value is -0.810. The number of piperidine rings is 1. The number of hydrogen-bond acceptors (Lipinski definition) is 3. The van der Waals surface area contributed by atoms with Crippen LogP contribution in [-0.2, 0) is 4.74 Å². The summed E-state index contributed by atoms with van der Waals surface area (Å²) in [4.78, 5) is 6.73. The van der Waals surface area contributed by atoms with Crippen molar-refractivity contribution in [3.63, 3.8) is 0 Å². The highest BCUT2D eigenvalue weighted by Crippen LogP contribution is 2.07. The Morgan fingerprint density at radius 2 is 2.06 bits per heavy atom. The summed E-state index contributed by atoms with van der Waals surface area (Å²) in [5.41, 5.74) is 0. The fourth-order valence-electron chi connectivity index (χ4n) is 2.24. The van der Waals surface area contributed by atoms with Crippen LogP contribution in [0.5, 0.6) is 0 Å². The molecule has 5 nitrogen and oxygen atoms in total. The monoisotopic (exact) mass is 256 g/mol. The van der Waals surface area contributed by atoms with Crippen LogP contribution in [0.4, 0.5) is 0 Å². The van der Waals surface area contributed by atoms with Gasteiger partial charge in [-0.3, -0.25) is 4.99 Å². The third kappa shape index (κ3) is 6.21. The predicted octanol–water partition coefficient (Wildman–Crippen LogP) is 0.672. The van der Waals surface area contributed by atoms with Crippen LogP contribution in [0.1, 0.15) is 26.2 Å². The lowest BCUT2D eigenvalue weighted by Gasteiger charge is -2.27. The molecule has 1 rings (SSSR count). The van der Waals surface area contributed by atoms with Gasteiger partial charge in [-0.2, -0.15) is 0 Å². The summed E-state index contributed by atoms with van der Waals surface area (Å²) in [6.07, 6.45) is 4.08. The molecule has 0 saturated carbocycles. The number of aliphatic imine (C=N–C) groups is 1. The van der Waals surface area contributed by atoms with Gasteiger partial charge in [0, 0.05) is 33.3 Å². The van der Waals surface area contributed by atoms with E-state index in [0.717, 1.165) is 19.0 Å². The quantitative estimate of drug-likeness (QED) is 0.542. The van der Waals surface area contributed by atoms with E-state index in [9.17, 15) is 0 Å². The molecule has 0 aromatic rings. The number of guanidine groups is 1. The van der Waals surface area contributed by atoms with Gasteiger partial charge in [0.05, 0.1) is 6.61 Å². The molecule has 18 heavy (non-hydrogen) atoms. The number of ether oxygens (including phenoxy) is 1. The van der Waals surface area contributed by atoms with Crippen molar-refractivity contribution < 1.29 is 4.74 Å². The summed E-state index contributed by atoms with van der Waals surface area (Å²) in [7, 11) is 3.51. The van der Waals surface area contributed by atoms with Gasteiger partial charge in [0.15, 0.2) is 5.96 Å². The van der Waals surface area contributed by atoms with E-state index < -0.39 is 0 Å². The molecule has 2 N–H and O–H groups in total. The van der Waals surface area contributed by atoms with E-state index in [0.29, 0.717) is 6.61 Å². The Morgan fingerprint density at radius 1 is 1.33 bits per heavy atom. The van der Waals surface area contributed by atoms with E-state index in [1.54, 1.807) is 14.2 Å². The minimum atomic E-state index is 0.274. The fraction of sp³-hybridized carbons (Fsp3) is 0.923. The van der Waals surface area contributed by atoms with Crippen molar-refractivity contribution in [1.29, 1.82) is 0 Å². The van der Waals surface area contributed by atoms with Crippen molar-refractivity contribution in [3.8, 4) is 0 Å². The van der Waals surface area contributed by atoms with Gasteiger partial charge >= 0.3 is 0 Å². The van der Waals surface area contributed by atoms with Crippen molar-refractivity contribution >= 4 is 5.96 Å².